The fourth-order valence-corrected chi connectivity index (χ4v) is 4.05. The predicted molar refractivity (Wildman–Crippen MR) is 103 cm³/mol. The third kappa shape index (κ3) is 3.00. The van der Waals surface area contributed by atoms with E-state index in [0.717, 1.165) is 17.0 Å². The molecule has 0 bridgehead atoms. The Morgan fingerprint density at radius 2 is 2.15 bits per heavy atom. The number of carbonyl (C=O) groups excluding carboxylic acids is 1. The molecule has 0 saturated heterocycles. The lowest BCUT2D eigenvalue weighted by Gasteiger charge is -2.57. The van der Waals surface area contributed by atoms with Crippen LogP contribution in [0.4, 0.5) is 5.13 Å². The Bertz CT molecular complexity index is 805. The van der Waals surface area contributed by atoms with Crippen LogP contribution in [0.2, 0.25) is 0 Å². The minimum Gasteiger partial charge on any atom is -0.496 e. The average molecular weight is 375 g/mol. The van der Waals surface area contributed by atoms with Crippen LogP contribution < -0.4 is 15.8 Å². The second-order valence-electron chi connectivity index (χ2n) is 7.03. The van der Waals surface area contributed by atoms with Gasteiger partial charge in [-0.1, -0.05) is 26.0 Å². The van der Waals surface area contributed by atoms with Gasteiger partial charge in [0.05, 0.1) is 18.9 Å². The molecule has 0 radical (unpaired) electrons. The van der Waals surface area contributed by atoms with Crippen molar-refractivity contribution in [2.75, 3.05) is 19.0 Å². The molecule has 3 N–H and O–H groups in total. The molecule has 7 heteroatoms. The Morgan fingerprint density at radius 3 is 2.81 bits per heavy atom. The molecule has 6 nitrogen and oxygen atoms in total. The molecule has 1 aromatic heterocycles. The summed E-state index contributed by atoms with van der Waals surface area (Å²) in [6.45, 7) is 6.50. The van der Waals surface area contributed by atoms with Gasteiger partial charge in [0.2, 0.25) is 5.91 Å². The minimum atomic E-state index is -0.969. The Morgan fingerprint density at radius 1 is 1.42 bits per heavy atom. The topological polar surface area (TPSA) is 86.5 Å². The van der Waals surface area contributed by atoms with E-state index in [1.165, 1.54) is 11.3 Å². The molecule has 26 heavy (non-hydrogen) atoms. The van der Waals surface area contributed by atoms with E-state index in [2.05, 4.69) is 10.3 Å². The summed E-state index contributed by atoms with van der Waals surface area (Å²) >= 11 is 1.37. The lowest BCUT2D eigenvalue weighted by Crippen LogP contribution is -2.74. The van der Waals surface area contributed by atoms with Crippen molar-refractivity contribution >= 4 is 22.4 Å². The molecular weight excluding hydrogens is 350 g/mol. The number of para-hydroxylation sites is 1. The lowest BCUT2D eigenvalue weighted by molar-refractivity contribution is -0.166. The van der Waals surface area contributed by atoms with Crippen molar-refractivity contribution in [3.05, 3.63) is 29.6 Å². The van der Waals surface area contributed by atoms with Gasteiger partial charge in [-0.3, -0.25) is 4.79 Å². The fourth-order valence-electron chi connectivity index (χ4n) is 3.34. The first kappa shape index (κ1) is 18.8. The number of amides is 1. The molecular formula is C19H25N3O3S. The number of anilines is 1. The summed E-state index contributed by atoms with van der Waals surface area (Å²) in [7, 11) is 1.62. The summed E-state index contributed by atoms with van der Waals surface area (Å²) in [5.41, 5.74) is 6.66. The van der Waals surface area contributed by atoms with Crippen LogP contribution in [0, 0.1) is 5.41 Å². The van der Waals surface area contributed by atoms with Gasteiger partial charge < -0.3 is 20.5 Å². The molecule has 1 fully saturated rings. The quantitative estimate of drug-likeness (QED) is 0.809. The van der Waals surface area contributed by atoms with Gasteiger partial charge in [-0.05, 0) is 19.1 Å². The summed E-state index contributed by atoms with van der Waals surface area (Å²) in [5, 5.41) is 5.30. The van der Waals surface area contributed by atoms with Crippen molar-refractivity contribution in [3.63, 3.8) is 0 Å². The Labute approximate surface area is 157 Å². The Balaban J connectivity index is 1.75. The zero-order chi connectivity index (χ0) is 18.9. The number of hydrogen-bond donors (Lipinski definition) is 2. The highest BCUT2D eigenvalue weighted by Gasteiger charge is 2.63. The summed E-state index contributed by atoms with van der Waals surface area (Å²) in [5.74, 6) is 0.519. The highest BCUT2D eigenvalue weighted by Crippen LogP contribution is 2.50. The van der Waals surface area contributed by atoms with E-state index < -0.39 is 11.0 Å². The highest BCUT2D eigenvalue weighted by molar-refractivity contribution is 7.14. The smallest absolute Gasteiger partial charge is 0.246 e. The van der Waals surface area contributed by atoms with Crippen molar-refractivity contribution in [3.8, 4) is 17.0 Å². The normalized spacial score (nSPS) is 24.0. The van der Waals surface area contributed by atoms with Crippen LogP contribution in [0.25, 0.3) is 11.3 Å². The number of ether oxygens (including phenoxy) is 2. The maximum atomic E-state index is 12.8. The number of methoxy groups -OCH3 is 1. The van der Waals surface area contributed by atoms with Gasteiger partial charge >= 0.3 is 0 Å². The summed E-state index contributed by atoms with van der Waals surface area (Å²) in [4.78, 5) is 17.3. The molecule has 2 atom stereocenters. The number of aromatic nitrogens is 1. The molecule has 1 heterocycles. The zero-order valence-corrected chi connectivity index (χ0v) is 16.4. The van der Waals surface area contributed by atoms with Crippen molar-refractivity contribution in [1.29, 1.82) is 0 Å². The average Bonchev–Trinajstić information content (AvgIpc) is 3.09. The van der Waals surface area contributed by atoms with Crippen LogP contribution in [0.1, 0.15) is 27.2 Å². The van der Waals surface area contributed by atoms with Gasteiger partial charge in [-0.15, -0.1) is 11.3 Å². The van der Waals surface area contributed by atoms with E-state index in [-0.39, 0.29) is 12.0 Å². The number of carbonyl (C=O) groups is 1. The third-order valence-corrected chi connectivity index (χ3v) is 6.10. The monoisotopic (exact) mass is 375 g/mol. The molecule has 1 aliphatic carbocycles. The number of thiazole rings is 1. The van der Waals surface area contributed by atoms with Gasteiger partial charge in [0.25, 0.3) is 0 Å². The van der Waals surface area contributed by atoms with Gasteiger partial charge in [0, 0.05) is 29.4 Å². The molecule has 1 amide bonds. The maximum Gasteiger partial charge on any atom is 0.246 e. The minimum absolute atomic E-state index is 0.0105. The van der Waals surface area contributed by atoms with Crippen LogP contribution in [-0.4, -0.2) is 36.3 Å². The van der Waals surface area contributed by atoms with E-state index >= 15 is 0 Å². The maximum absolute atomic E-state index is 12.8. The predicted octanol–water partition coefficient (Wildman–Crippen LogP) is 3.29. The first-order chi connectivity index (χ1) is 12.3. The summed E-state index contributed by atoms with van der Waals surface area (Å²) < 4.78 is 11.1. The van der Waals surface area contributed by atoms with E-state index in [0.29, 0.717) is 18.2 Å². The van der Waals surface area contributed by atoms with Gasteiger partial charge in [-0.2, -0.15) is 0 Å². The molecule has 1 aromatic carbocycles. The second kappa shape index (κ2) is 6.98. The van der Waals surface area contributed by atoms with Gasteiger partial charge in [-0.25, -0.2) is 4.98 Å². The number of benzene rings is 1. The van der Waals surface area contributed by atoms with Crippen molar-refractivity contribution in [2.24, 2.45) is 11.1 Å². The standard InChI is InChI=1S/C19H25N3O3S/c1-5-25-15-10-19(20,18(15,2)3)16(23)22-17-21-13(11-26-17)12-8-6-7-9-14(12)24-4/h6-9,11,15H,5,10,20H2,1-4H3,(H,21,22,23). The Hall–Kier alpha value is -1.96. The van der Waals surface area contributed by atoms with Crippen LogP contribution in [0.15, 0.2) is 29.6 Å². The first-order valence-electron chi connectivity index (χ1n) is 8.64. The van der Waals surface area contributed by atoms with Crippen LogP contribution in [0.5, 0.6) is 5.75 Å². The molecule has 2 unspecified atom stereocenters. The largest absolute Gasteiger partial charge is 0.496 e. The van der Waals surface area contributed by atoms with E-state index in [1.807, 2.05) is 50.4 Å². The molecule has 140 valence electrons. The Kier molecular flexibility index (Phi) is 5.05. The van der Waals surface area contributed by atoms with E-state index in [4.69, 9.17) is 15.2 Å². The molecule has 0 spiro atoms. The molecule has 0 aliphatic heterocycles. The SMILES string of the molecule is CCOC1CC(N)(C(=O)Nc2nc(-c3ccccc3OC)cs2)C1(C)C. The zero-order valence-electron chi connectivity index (χ0n) is 15.5. The number of nitrogens with one attached hydrogen (secondary N) is 1. The van der Waals surface area contributed by atoms with Gasteiger partial charge in [0.15, 0.2) is 5.13 Å². The van der Waals surface area contributed by atoms with Crippen molar-refractivity contribution in [2.45, 2.75) is 38.8 Å². The second-order valence-corrected chi connectivity index (χ2v) is 7.89. The number of nitrogens with two attached hydrogens (primary N) is 1. The molecule has 1 saturated carbocycles. The van der Waals surface area contributed by atoms with Crippen LogP contribution >= 0.6 is 11.3 Å². The number of rotatable bonds is 6. The summed E-state index contributed by atoms with van der Waals surface area (Å²) in [6, 6.07) is 7.65. The molecule has 3 rings (SSSR count). The number of nitrogens with zero attached hydrogens (tertiary/aromatic N) is 1. The lowest BCUT2D eigenvalue weighted by atomic mass is 9.54. The third-order valence-electron chi connectivity index (χ3n) is 5.34. The van der Waals surface area contributed by atoms with E-state index in [1.54, 1.807) is 7.11 Å². The van der Waals surface area contributed by atoms with Gasteiger partial charge in [0.1, 0.15) is 11.3 Å². The van der Waals surface area contributed by atoms with Crippen LogP contribution in [-0.2, 0) is 9.53 Å². The van der Waals surface area contributed by atoms with Crippen molar-refractivity contribution in [1.82, 2.24) is 4.98 Å². The summed E-state index contributed by atoms with van der Waals surface area (Å²) in [6.07, 6.45) is 0.494. The molecule has 1 aliphatic rings. The van der Waals surface area contributed by atoms with Crippen molar-refractivity contribution < 1.29 is 14.3 Å². The highest BCUT2D eigenvalue weighted by atomic mass is 32.1. The van der Waals surface area contributed by atoms with Crippen LogP contribution in [0.3, 0.4) is 0 Å². The van der Waals surface area contributed by atoms with E-state index in [9.17, 15) is 4.79 Å². The first-order valence-corrected chi connectivity index (χ1v) is 9.52. The number of hydrogen-bond acceptors (Lipinski definition) is 6. The molecule has 2 aromatic rings. The fraction of sp³-hybridized carbons (Fsp3) is 0.474.